The SMILES string of the molecule is CCCn1ncc(Br)c1C(N)c1ccc2ccccc2c1. The molecule has 3 aromatic rings. The second-order valence-electron chi connectivity index (χ2n) is 5.19. The number of hydrogen-bond donors (Lipinski definition) is 1. The molecule has 0 radical (unpaired) electrons. The molecule has 0 fully saturated rings. The average Bonchev–Trinajstić information content (AvgIpc) is 2.87. The summed E-state index contributed by atoms with van der Waals surface area (Å²) in [6.45, 7) is 3.02. The Hall–Kier alpha value is -1.65. The summed E-state index contributed by atoms with van der Waals surface area (Å²) in [5.74, 6) is 0. The minimum Gasteiger partial charge on any atom is -0.319 e. The lowest BCUT2D eigenvalue weighted by atomic mass is 10.0. The van der Waals surface area contributed by atoms with Crippen LogP contribution in [0.15, 0.2) is 53.1 Å². The molecular formula is C17H18BrN3. The highest BCUT2D eigenvalue weighted by molar-refractivity contribution is 9.10. The Kier molecular flexibility index (Phi) is 4.08. The Balaban J connectivity index is 2.03. The third-order valence-electron chi connectivity index (χ3n) is 3.70. The Morgan fingerprint density at radius 2 is 1.95 bits per heavy atom. The Morgan fingerprint density at radius 3 is 2.71 bits per heavy atom. The van der Waals surface area contributed by atoms with Crippen molar-refractivity contribution in [2.24, 2.45) is 5.73 Å². The lowest BCUT2D eigenvalue weighted by Gasteiger charge is -2.16. The Labute approximate surface area is 132 Å². The van der Waals surface area contributed by atoms with E-state index >= 15 is 0 Å². The van der Waals surface area contributed by atoms with Gasteiger partial charge in [-0.1, -0.05) is 43.3 Å². The maximum absolute atomic E-state index is 6.49. The topological polar surface area (TPSA) is 43.8 Å². The third kappa shape index (κ3) is 2.74. The zero-order valence-electron chi connectivity index (χ0n) is 12.0. The molecule has 0 aliphatic rings. The van der Waals surface area contributed by atoms with Crippen molar-refractivity contribution >= 4 is 26.7 Å². The fourth-order valence-corrected chi connectivity index (χ4v) is 3.17. The first kappa shape index (κ1) is 14.3. The van der Waals surface area contributed by atoms with Gasteiger partial charge < -0.3 is 5.73 Å². The molecule has 0 aliphatic carbocycles. The van der Waals surface area contributed by atoms with Crippen LogP contribution in [0.1, 0.15) is 30.6 Å². The van der Waals surface area contributed by atoms with Crippen molar-refractivity contribution in [2.45, 2.75) is 25.9 Å². The van der Waals surface area contributed by atoms with Crippen LogP contribution in [0.3, 0.4) is 0 Å². The van der Waals surface area contributed by atoms with Crippen LogP contribution in [0.25, 0.3) is 10.8 Å². The van der Waals surface area contributed by atoms with Crippen molar-refractivity contribution in [3.63, 3.8) is 0 Å². The summed E-state index contributed by atoms with van der Waals surface area (Å²) in [5.41, 5.74) is 8.63. The molecule has 1 unspecified atom stereocenters. The normalized spacial score (nSPS) is 12.7. The molecule has 2 aromatic carbocycles. The summed E-state index contributed by atoms with van der Waals surface area (Å²) in [6, 6.07) is 14.5. The predicted molar refractivity (Wildman–Crippen MR) is 90.2 cm³/mol. The van der Waals surface area contributed by atoms with Gasteiger partial charge in [0.15, 0.2) is 0 Å². The van der Waals surface area contributed by atoms with Crippen LogP contribution in [0.4, 0.5) is 0 Å². The predicted octanol–water partition coefficient (Wildman–Crippen LogP) is 4.26. The van der Waals surface area contributed by atoms with Gasteiger partial charge in [0.2, 0.25) is 0 Å². The molecule has 0 spiro atoms. The van der Waals surface area contributed by atoms with E-state index in [2.05, 4.69) is 70.4 Å². The number of nitrogens with zero attached hydrogens (tertiary/aromatic N) is 2. The van der Waals surface area contributed by atoms with Crippen LogP contribution >= 0.6 is 15.9 Å². The number of hydrogen-bond acceptors (Lipinski definition) is 2. The molecule has 3 nitrogen and oxygen atoms in total. The van der Waals surface area contributed by atoms with E-state index in [1.54, 1.807) is 0 Å². The highest BCUT2D eigenvalue weighted by Crippen LogP contribution is 2.28. The maximum atomic E-state index is 6.49. The van der Waals surface area contributed by atoms with Crippen LogP contribution in [-0.2, 0) is 6.54 Å². The quantitative estimate of drug-likeness (QED) is 0.769. The largest absolute Gasteiger partial charge is 0.319 e. The van der Waals surface area contributed by atoms with Crippen molar-refractivity contribution in [2.75, 3.05) is 0 Å². The Bertz CT molecular complexity index is 764. The fourth-order valence-electron chi connectivity index (χ4n) is 2.63. The van der Waals surface area contributed by atoms with Gasteiger partial charge in [-0.3, -0.25) is 4.68 Å². The van der Waals surface area contributed by atoms with E-state index in [0.717, 1.165) is 28.7 Å². The van der Waals surface area contributed by atoms with E-state index < -0.39 is 0 Å². The van der Waals surface area contributed by atoms with Gasteiger partial charge in [0.05, 0.1) is 22.4 Å². The molecule has 0 amide bonds. The minimum atomic E-state index is -0.182. The van der Waals surface area contributed by atoms with Crippen molar-refractivity contribution in [1.29, 1.82) is 0 Å². The third-order valence-corrected chi connectivity index (χ3v) is 4.31. The van der Waals surface area contributed by atoms with Gasteiger partial charge in [0, 0.05) is 6.54 Å². The minimum absolute atomic E-state index is 0.182. The van der Waals surface area contributed by atoms with Gasteiger partial charge in [-0.25, -0.2) is 0 Å². The highest BCUT2D eigenvalue weighted by Gasteiger charge is 2.18. The number of aryl methyl sites for hydroxylation is 1. The molecule has 1 atom stereocenters. The monoisotopic (exact) mass is 343 g/mol. The molecular weight excluding hydrogens is 326 g/mol. The van der Waals surface area contributed by atoms with Crippen LogP contribution in [0.5, 0.6) is 0 Å². The van der Waals surface area contributed by atoms with Gasteiger partial charge in [-0.2, -0.15) is 5.10 Å². The lowest BCUT2D eigenvalue weighted by Crippen LogP contribution is -2.18. The number of halogens is 1. The van der Waals surface area contributed by atoms with Gasteiger partial charge in [0.25, 0.3) is 0 Å². The van der Waals surface area contributed by atoms with E-state index in [9.17, 15) is 0 Å². The number of fused-ring (bicyclic) bond motifs is 1. The summed E-state index contributed by atoms with van der Waals surface area (Å²) in [6.07, 6.45) is 2.86. The van der Waals surface area contributed by atoms with Gasteiger partial charge in [0.1, 0.15) is 0 Å². The molecule has 0 saturated carbocycles. The number of rotatable bonds is 4. The second-order valence-corrected chi connectivity index (χ2v) is 6.04. The second kappa shape index (κ2) is 6.00. The van der Waals surface area contributed by atoms with Gasteiger partial charge >= 0.3 is 0 Å². The molecule has 2 N–H and O–H groups in total. The molecule has 0 saturated heterocycles. The van der Waals surface area contributed by atoms with E-state index in [-0.39, 0.29) is 6.04 Å². The van der Waals surface area contributed by atoms with Crippen molar-refractivity contribution in [3.8, 4) is 0 Å². The lowest BCUT2D eigenvalue weighted by molar-refractivity contribution is 0.559. The fraction of sp³-hybridized carbons (Fsp3) is 0.235. The van der Waals surface area contributed by atoms with E-state index in [0.29, 0.717) is 0 Å². The van der Waals surface area contributed by atoms with Crippen molar-refractivity contribution in [3.05, 3.63) is 64.4 Å². The summed E-state index contributed by atoms with van der Waals surface area (Å²) in [4.78, 5) is 0. The zero-order chi connectivity index (χ0) is 14.8. The highest BCUT2D eigenvalue weighted by atomic mass is 79.9. The summed E-state index contributed by atoms with van der Waals surface area (Å²) >= 11 is 3.57. The van der Waals surface area contributed by atoms with E-state index in [4.69, 9.17) is 5.73 Å². The van der Waals surface area contributed by atoms with Gasteiger partial charge in [-0.15, -0.1) is 0 Å². The van der Waals surface area contributed by atoms with E-state index in [1.807, 2.05) is 10.9 Å². The van der Waals surface area contributed by atoms with E-state index in [1.165, 1.54) is 10.8 Å². The standard InChI is InChI=1S/C17H18BrN3/c1-2-9-21-17(15(18)11-20-21)16(19)14-8-7-12-5-3-4-6-13(12)10-14/h3-8,10-11,16H,2,9,19H2,1H3. The summed E-state index contributed by atoms with van der Waals surface area (Å²) in [5, 5.41) is 6.85. The number of benzene rings is 2. The first-order valence-corrected chi connectivity index (χ1v) is 7.95. The maximum Gasteiger partial charge on any atom is 0.0738 e. The molecule has 0 aliphatic heterocycles. The molecule has 1 heterocycles. The molecule has 21 heavy (non-hydrogen) atoms. The summed E-state index contributed by atoms with van der Waals surface area (Å²) in [7, 11) is 0. The number of nitrogens with two attached hydrogens (primary N) is 1. The molecule has 3 rings (SSSR count). The summed E-state index contributed by atoms with van der Waals surface area (Å²) < 4.78 is 2.96. The van der Waals surface area contributed by atoms with Crippen LogP contribution < -0.4 is 5.73 Å². The molecule has 1 aromatic heterocycles. The molecule has 108 valence electrons. The first-order valence-electron chi connectivity index (χ1n) is 7.16. The van der Waals surface area contributed by atoms with Crippen LogP contribution in [0.2, 0.25) is 0 Å². The number of aromatic nitrogens is 2. The van der Waals surface area contributed by atoms with Crippen LogP contribution in [-0.4, -0.2) is 9.78 Å². The van der Waals surface area contributed by atoms with Crippen molar-refractivity contribution in [1.82, 2.24) is 9.78 Å². The van der Waals surface area contributed by atoms with Crippen molar-refractivity contribution < 1.29 is 0 Å². The zero-order valence-corrected chi connectivity index (χ0v) is 13.5. The average molecular weight is 344 g/mol. The smallest absolute Gasteiger partial charge is 0.0738 e. The first-order chi connectivity index (χ1) is 10.2. The molecule has 4 heteroatoms. The Morgan fingerprint density at radius 1 is 1.19 bits per heavy atom. The van der Waals surface area contributed by atoms with Crippen LogP contribution in [0, 0.1) is 0 Å². The molecule has 0 bridgehead atoms. The van der Waals surface area contributed by atoms with Gasteiger partial charge in [-0.05, 0) is 44.8 Å².